The molecule has 17 heteroatoms. The first kappa shape index (κ1) is 52.1. The maximum absolute atomic E-state index is 14.5. The highest BCUT2D eigenvalue weighted by Crippen LogP contribution is 2.51. The average Bonchev–Trinajstić information content (AvgIpc) is 4.17. The van der Waals surface area contributed by atoms with E-state index in [1.807, 2.05) is 64.4 Å². The first-order valence-corrected chi connectivity index (χ1v) is 27.0. The molecule has 0 saturated carbocycles. The number of amides is 3. The highest BCUT2D eigenvalue weighted by Gasteiger charge is 2.54. The van der Waals surface area contributed by atoms with Crippen molar-refractivity contribution in [2.45, 2.75) is 122 Å². The van der Waals surface area contributed by atoms with Gasteiger partial charge in [-0.15, -0.1) is 11.3 Å². The number of unbranched alkanes of at least 4 members (excludes halogenated alkanes) is 2. The SMILES string of the molecule is CCN(c1ccc(OCCCCCC(=O)NC(C(=O)N2CC(O)CC2C(=O)NC(C)c2ccc(-c3scnc3C)cc2)C(C)(C)C)cc1)S(=O)(=O)C1CC2OC1C(c1ccc(O)cc1)=C2c1ccc(O)cc1. The summed E-state index contributed by atoms with van der Waals surface area (Å²) in [5, 5.41) is 35.8. The van der Waals surface area contributed by atoms with Crippen molar-refractivity contribution in [3.63, 3.8) is 0 Å². The molecule has 8 rings (SSSR count). The number of ether oxygens (including phenoxy) is 2. The van der Waals surface area contributed by atoms with Gasteiger partial charge < -0.3 is 40.3 Å². The van der Waals surface area contributed by atoms with E-state index < -0.39 is 57.0 Å². The number of nitrogens with one attached hydrogen (secondary N) is 2. The summed E-state index contributed by atoms with van der Waals surface area (Å²) in [5.74, 6) is -0.286. The molecule has 0 spiro atoms. The topological polar surface area (TPSA) is 208 Å². The van der Waals surface area contributed by atoms with Gasteiger partial charge in [0.1, 0.15) is 40.7 Å². The molecule has 3 amide bonds. The van der Waals surface area contributed by atoms with E-state index in [1.54, 1.807) is 91.1 Å². The van der Waals surface area contributed by atoms with Crippen molar-refractivity contribution in [3.05, 3.63) is 125 Å². The van der Waals surface area contributed by atoms with E-state index in [0.29, 0.717) is 37.3 Å². The Balaban J connectivity index is 0.810. The van der Waals surface area contributed by atoms with Crippen LogP contribution in [-0.4, -0.2) is 107 Å². The lowest BCUT2D eigenvalue weighted by Crippen LogP contribution is -2.57. The number of hydrogen-bond donors (Lipinski definition) is 5. The van der Waals surface area contributed by atoms with Crippen molar-refractivity contribution < 1.29 is 47.6 Å². The molecule has 0 radical (unpaired) electrons. The minimum atomic E-state index is -3.93. The predicted molar refractivity (Wildman–Crippen MR) is 279 cm³/mol. The number of β-amino-alcohol motifs (C(OH)–C–C–N with tert-alkyl or cyclic N) is 1. The van der Waals surface area contributed by atoms with Crippen LogP contribution >= 0.6 is 11.3 Å². The van der Waals surface area contributed by atoms with Gasteiger partial charge in [0.15, 0.2) is 0 Å². The van der Waals surface area contributed by atoms with Gasteiger partial charge in [0.05, 0.1) is 46.6 Å². The van der Waals surface area contributed by atoms with Gasteiger partial charge in [-0.05, 0) is 134 Å². The fourth-order valence-corrected chi connectivity index (χ4v) is 12.9. The number of benzene rings is 4. The molecule has 4 aromatic carbocycles. The molecule has 5 N–H and O–H groups in total. The molecule has 72 heavy (non-hydrogen) atoms. The maximum Gasteiger partial charge on any atom is 0.246 e. The summed E-state index contributed by atoms with van der Waals surface area (Å²) in [7, 11) is -3.93. The van der Waals surface area contributed by atoms with Crippen LogP contribution in [0.3, 0.4) is 0 Å². The quantitative estimate of drug-likeness (QED) is 0.0499. The van der Waals surface area contributed by atoms with Gasteiger partial charge in [0, 0.05) is 25.9 Å². The number of aliphatic hydroxyl groups is 1. The predicted octanol–water partition coefficient (Wildman–Crippen LogP) is 8.15. The number of aromatic hydroxyl groups is 2. The number of aliphatic hydroxyl groups excluding tert-OH is 1. The molecule has 382 valence electrons. The molecular formula is C55H65N5O10S2. The van der Waals surface area contributed by atoms with Crippen LogP contribution in [0.25, 0.3) is 21.6 Å². The van der Waals surface area contributed by atoms with Gasteiger partial charge in [-0.2, -0.15) is 0 Å². The van der Waals surface area contributed by atoms with Crippen molar-refractivity contribution in [3.8, 4) is 27.7 Å². The van der Waals surface area contributed by atoms with Crippen LogP contribution in [0.1, 0.15) is 102 Å². The Kier molecular flexibility index (Phi) is 15.8. The van der Waals surface area contributed by atoms with Crippen LogP contribution in [0.2, 0.25) is 0 Å². The first-order chi connectivity index (χ1) is 34.3. The van der Waals surface area contributed by atoms with Crippen LogP contribution in [0, 0.1) is 12.3 Å². The summed E-state index contributed by atoms with van der Waals surface area (Å²) < 4.78 is 42.8. The molecule has 15 nitrogen and oxygen atoms in total. The lowest BCUT2D eigenvalue weighted by Gasteiger charge is -2.35. The van der Waals surface area contributed by atoms with E-state index >= 15 is 0 Å². The van der Waals surface area contributed by atoms with Gasteiger partial charge in [-0.3, -0.25) is 18.7 Å². The third kappa shape index (κ3) is 11.3. The Morgan fingerprint density at radius 3 is 2.08 bits per heavy atom. The second kappa shape index (κ2) is 21.8. The number of fused-ring (bicyclic) bond motifs is 2. The van der Waals surface area contributed by atoms with Crippen LogP contribution < -0.4 is 19.7 Å². The third-order valence-corrected chi connectivity index (χ3v) is 17.1. The molecule has 3 aliphatic heterocycles. The standard InChI is InChI=1S/C55H65N5O10S2/c1-7-60(72(67,68)46-30-45-48(36-16-22-40(61)23-17-36)49(50(46)70-45)37-18-24-41(62)25-19-37)39-20-26-43(27-21-39)69-28-10-8-9-11-47(64)58-52(55(4,5)6)54(66)59-31-42(63)29-44(59)53(65)57-33(2)35-12-14-38(15-13-35)51-34(3)56-32-71-51/h12-27,32-33,42,44-46,50,52,61-63H,7-11,28-31H2,1-6H3,(H,57,65)(H,58,64). The Labute approximate surface area is 426 Å². The summed E-state index contributed by atoms with van der Waals surface area (Å²) in [6.45, 7) is 11.8. The number of thiazole rings is 1. The molecule has 2 bridgehead atoms. The number of carbonyl (C=O) groups excluding carboxylic acids is 3. The third-order valence-electron chi connectivity index (χ3n) is 13.8. The number of aryl methyl sites for hydroxylation is 1. The molecule has 7 atom stereocenters. The van der Waals surface area contributed by atoms with Crippen LogP contribution in [0.4, 0.5) is 5.69 Å². The zero-order valence-corrected chi connectivity index (χ0v) is 43.2. The molecule has 0 aliphatic carbocycles. The number of carbonyl (C=O) groups is 3. The summed E-state index contributed by atoms with van der Waals surface area (Å²) in [6, 6.07) is 26.1. The number of likely N-dealkylation sites (tertiary alicyclic amines) is 1. The number of aromatic nitrogens is 1. The number of phenolic OH excluding ortho intramolecular Hbond substituents is 2. The highest BCUT2D eigenvalue weighted by atomic mass is 32.2. The van der Waals surface area contributed by atoms with Gasteiger partial charge in [-0.25, -0.2) is 13.4 Å². The number of phenols is 2. The Morgan fingerprint density at radius 2 is 1.49 bits per heavy atom. The van der Waals surface area contributed by atoms with Crippen molar-refractivity contribution in [2.24, 2.45) is 5.41 Å². The highest BCUT2D eigenvalue weighted by molar-refractivity contribution is 7.93. The summed E-state index contributed by atoms with van der Waals surface area (Å²) in [5.41, 5.74) is 7.72. The van der Waals surface area contributed by atoms with Gasteiger partial charge in [0.25, 0.3) is 0 Å². The van der Waals surface area contributed by atoms with Crippen molar-refractivity contribution in [1.29, 1.82) is 0 Å². The molecule has 7 unspecified atom stereocenters. The van der Waals surface area contributed by atoms with E-state index in [1.165, 1.54) is 9.21 Å². The average molecular weight is 1020 g/mol. The zero-order chi connectivity index (χ0) is 51.5. The van der Waals surface area contributed by atoms with E-state index in [9.17, 15) is 38.1 Å². The maximum atomic E-state index is 14.5. The monoisotopic (exact) mass is 1020 g/mol. The number of hydrogen-bond acceptors (Lipinski definition) is 12. The van der Waals surface area contributed by atoms with Gasteiger partial charge in [0.2, 0.25) is 27.7 Å². The second-order valence-electron chi connectivity index (χ2n) is 20.0. The van der Waals surface area contributed by atoms with Crippen molar-refractivity contribution in [1.82, 2.24) is 20.5 Å². The molecule has 2 saturated heterocycles. The smallest absolute Gasteiger partial charge is 0.246 e. The van der Waals surface area contributed by atoms with Crippen molar-refractivity contribution in [2.75, 3.05) is 24.0 Å². The number of anilines is 1. The number of rotatable bonds is 19. The van der Waals surface area contributed by atoms with Crippen LogP contribution in [-0.2, 0) is 29.1 Å². The van der Waals surface area contributed by atoms with Crippen molar-refractivity contribution >= 4 is 55.9 Å². The molecule has 2 fully saturated rings. The van der Waals surface area contributed by atoms with E-state index in [-0.39, 0.29) is 61.7 Å². The number of sulfonamides is 1. The van der Waals surface area contributed by atoms with E-state index in [2.05, 4.69) is 15.6 Å². The minimum absolute atomic E-state index is 0.0157. The molecule has 4 heterocycles. The number of nitrogens with zero attached hydrogens (tertiary/aromatic N) is 3. The Bertz CT molecular complexity index is 2860. The second-order valence-corrected chi connectivity index (χ2v) is 22.9. The van der Waals surface area contributed by atoms with E-state index in [4.69, 9.17) is 9.47 Å². The zero-order valence-electron chi connectivity index (χ0n) is 41.6. The minimum Gasteiger partial charge on any atom is -0.508 e. The Morgan fingerprint density at radius 1 is 0.861 bits per heavy atom. The fraction of sp³-hybridized carbons (Fsp3) is 0.418. The summed E-state index contributed by atoms with van der Waals surface area (Å²) >= 11 is 1.57. The largest absolute Gasteiger partial charge is 0.508 e. The van der Waals surface area contributed by atoms with Gasteiger partial charge >= 0.3 is 0 Å². The van der Waals surface area contributed by atoms with Crippen LogP contribution in [0.15, 0.2) is 103 Å². The molecule has 5 aromatic rings. The van der Waals surface area contributed by atoms with Gasteiger partial charge in [-0.1, -0.05) is 69.3 Å². The Hall–Kier alpha value is -6.27. The lowest BCUT2D eigenvalue weighted by molar-refractivity contribution is -0.144. The normalized spacial score (nSPS) is 20.6. The molecule has 1 aromatic heterocycles. The fourth-order valence-electron chi connectivity index (χ4n) is 10.0. The molecule has 3 aliphatic rings. The summed E-state index contributed by atoms with van der Waals surface area (Å²) in [4.78, 5) is 48.0. The first-order valence-electron chi connectivity index (χ1n) is 24.7. The molecular weight excluding hydrogens is 955 g/mol. The van der Waals surface area contributed by atoms with Crippen LogP contribution in [0.5, 0.6) is 17.2 Å². The van der Waals surface area contributed by atoms with E-state index in [0.717, 1.165) is 44.0 Å². The summed E-state index contributed by atoms with van der Waals surface area (Å²) in [6.07, 6.45) is 0.291. The lowest BCUT2D eigenvalue weighted by atomic mass is 9.83.